The third-order valence-corrected chi connectivity index (χ3v) is 6.99. The van der Waals surface area contributed by atoms with Gasteiger partial charge in [-0.1, -0.05) is 29.8 Å². The SMILES string of the molecule is Cc1nn(Cc2ccccc2Cl)c2sc(C(=O)Nc3ccc(N4CCOCC4)cn3)cc12. The lowest BCUT2D eigenvalue weighted by Gasteiger charge is -2.28. The number of pyridine rings is 1. The van der Waals surface area contributed by atoms with Crippen molar-refractivity contribution in [3.05, 3.63) is 69.8 Å². The molecule has 0 spiro atoms. The van der Waals surface area contributed by atoms with E-state index in [1.54, 1.807) is 6.20 Å². The molecule has 3 aromatic heterocycles. The van der Waals surface area contributed by atoms with E-state index in [2.05, 4.69) is 20.3 Å². The van der Waals surface area contributed by atoms with Crippen molar-refractivity contribution in [1.29, 1.82) is 0 Å². The number of hydrogen-bond acceptors (Lipinski definition) is 6. The van der Waals surface area contributed by atoms with Gasteiger partial charge in [0.05, 0.1) is 42.2 Å². The number of nitrogens with zero attached hydrogens (tertiary/aromatic N) is 4. The van der Waals surface area contributed by atoms with Gasteiger partial charge in [-0.15, -0.1) is 11.3 Å². The maximum absolute atomic E-state index is 12.9. The van der Waals surface area contributed by atoms with Gasteiger partial charge < -0.3 is 15.0 Å². The smallest absolute Gasteiger partial charge is 0.266 e. The molecule has 9 heteroatoms. The van der Waals surface area contributed by atoms with Gasteiger partial charge in [-0.2, -0.15) is 5.10 Å². The first-order valence-corrected chi connectivity index (χ1v) is 11.6. The average Bonchev–Trinajstić information content (AvgIpc) is 3.38. The fourth-order valence-corrected chi connectivity index (χ4v) is 5.02. The molecule has 7 nitrogen and oxygen atoms in total. The number of amides is 1. The van der Waals surface area contributed by atoms with Crippen LogP contribution in [0.25, 0.3) is 10.2 Å². The van der Waals surface area contributed by atoms with Gasteiger partial charge in [0.1, 0.15) is 10.6 Å². The number of ether oxygens (including phenoxy) is 1. The standard InChI is InChI=1S/C23H22ClN5O2S/c1-15-18-12-20(32-23(18)29(27-15)14-16-4-2-3-5-19(16)24)22(30)26-21-7-6-17(13-25-21)28-8-10-31-11-9-28/h2-7,12-13H,8-11,14H2,1H3,(H,25,26,30). The predicted molar refractivity (Wildman–Crippen MR) is 128 cm³/mol. The van der Waals surface area contributed by atoms with Crippen LogP contribution in [-0.4, -0.2) is 47.0 Å². The summed E-state index contributed by atoms with van der Waals surface area (Å²) in [5.41, 5.74) is 2.90. The van der Waals surface area contributed by atoms with Crippen molar-refractivity contribution < 1.29 is 9.53 Å². The molecule has 32 heavy (non-hydrogen) atoms. The van der Waals surface area contributed by atoms with Crippen molar-refractivity contribution in [3.8, 4) is 0 Å². The van der Waals surface area contributed by atoms with Gasteiger partial charge in [-0.05, 0) is 36.8 Å². The summed E-state index contributed by atoms with van der Waals surface area (Å²) in [6.45, 7) is 5.64. The van der Waals surface area contributed by atoms with E-state index in [0.29, 0.717) is 22.3 Å². The second kappa shape index (κ2) is 8.90. The van der Waals surface area contributed by atoms with Gasteiger partial charge in [0.2, 0.25) is 0 Å². The van der Waals surface area contributed by atoms with Crippen LogP contribution in [0.5, 0.6) is 0 Å². The lowest BCUT2D eigenvalue weighted by atomic mass is 10.2. The molecule has 0 radical (unpaired) electrons. The van der Waals surface area contributed by atoms with Crippen LogP contribution in [0.3, 0.4) is 0 Å². The minimum absolute atomic E-state index is 0.179. The maximum atomic E-state index is 12.9. The Morgan fingerprint density at radius 1 is 1.22 bits per heavy atom. The Morgan fingerprint density at radius 2 is 2.03 bits per heavy atom. The largest absolute Gasteiger partial charge is 0.378 e. The zero-order chi connectivity index (χ0) is 22.1. The number of aryl methyl sites for hydroxylation is 1. The number of fused-ring (bicyclic) bond motifs is 1. The Kier molecular flexibility index (Phi) is 5.82. The van der Waals surface area contributed by atoms with Crippen molar-refractivity contribution in [2.75, 3.05) is 36.5 Å². The van der Waals surface area contributed by atoms with Crippen LogP contribution in [-0.2, 0) is 11.3 Å². The van der Waals surface area contributed by atoms with Crippen LogP contribution >= 0.6 is 22.9 Å². The number of anilines is 2. The number of thiophene rings is 1. The van der Waals surface area contributed by atoms with E-state index in [1.165, 1.54) is 11.3 Å². The Labute approximate surface area is 194 Å². The quantitative estimate of drug-likeness (QED) is 0.464. The average molecular weight is 468 g/mol. The van der Waals surface area contributed by atoms with E-state index in [9.17, 15) is 4.79 Å². The lowest BCUT2D eigenvalue weighted by molar-refractivity contribution is 0.103. The summed E-state index contributed by atoms with van der Waals surface area (Å²) in [6.07, 6.45) is 1.79. The van der Waals surface area contributed by atoms with E-state index in [0.717, 1.165) is 53.5 Å². The van der Waals surface area contributed by atoms with E-state index in [-0.39, 0.29) is 5.91 Å². The van der Waals surface area contributed by atoms with Crippen molar-refractivity contribution in [1.82, 2.24) is 14.8 Å². The highest BCUT2D eigenvalue weighted by Crippen LogP contribution is 2.30. The van der Waals surface area contributed by atoms with Crippen LogP contribution in [0.2, 0.25) is 5.02 Å². The number of benzene rings is 1. The monoisotopic (exact) mass is 467 g/mol. The van der Waals surface area contributed by atoms with Crippen LogP contribution < -0.4 is 10.2 Å². The molecule has 0 unspecified atom stereocenters. The number of morpholine rings is 1. The summed E-state index contributed by atoms with van der Waals surface area (Å²) in [5, 5.41) is 9.22. The number of rotatable bonds is 5. The first kappa shape index (κ1) is 20.9. The van der Waals surface area contributed by atoms with Gasteiger partial charge >= 0.3 is 0 Å². The first-order valence-electron chi connectivity index (χ1n) is 10.4. The van der Waals surface area contributed by atoms with Gasteiger partial charge in [-0.25, -0.2) is 4.98 Å². The Bertz CT molecular complexity index is 1260. The van der Waals surface area contributed by atoms with Crippen molar-refractivity contribution in [2.45, 2.75) is 13.5 Å². The minimum atomic E-state index is -0.179. The lowest BCUT2D eigenvalue weighted by Crippen LogP contribution is -2.36. The second-order valence-electron chi connectivity index (χ2n) is 7.62. The molecule has 1 fully saturated rings. The molecule has 1 amide bonds. The summed E-state index contributed by atoms with van der Waals surface area (Å²) >= 11 is 7.74. The molecule has 1 N–H and O–H groups in total. The highest BCUT2D eigenvalue weighted by atomic mass is 35.5. The van der Waals surface area contributed by atoms with E-state index < -0.39 is 0 Å². The third kappa shape index (κ3) is 4.21. The molecule has 0 atom stereocenters. The van der Waals surface area contributed by atoms with Crippen LogP contribution in [0.1, 0.15) is 20.9 Å². The molecule has 1 aromatic carbocycles. The Hall–Kier alpha value is -2.94. The van der Waals surface area contributed by atoms with Crippen LogP contribution in [0.15, 0.2) is 48.7 Å². The Balaban J connectivity index is 1.33. The molecular weight excluding hydrogens is 446 g/mol. The molecule has 0 bridgehead atoms. The molecule has 4 aromatic rings. The van der Waals surface area contributed by atoms with Crippen molar-refractivity contribution in [2.24, 2.45) is 0 Å². The number of carbonyl (C=O) groups is 1. The highest BCUT2D eigenvalue weighted by molar-refractivity contribution is 7.20. The summed E-state index contributed by atoms with van der Waals surface area (Å²) in [4.78, 5) is 21.1. The summed E-state index contributed by atoms with van der Waals surface area (Å²) in [6, 6.07) is 13.4. The Morgan fingerprint density at radius 3 is 2.78 bits per heavy atom. The van der Waals surface area contributed by atoms with Crippen molar-refractivity contribution in [3.63, 3.8) is 0 Å². The summed E-state index contributed by atoms with van der Waals surface area (Å²) in [7, 11) is 0. The number of nitrogens with one attached hydrogen (secondary N) is 1. The predicted octanol–water partition coefficient (Wildman–Crippen LogP) is 4.59. The maximum Gasteiger partial charge on any atom is 0.266 e. The normalized spacial score (nSPS) is 14.1. The molecule has 4 heterocycles. The number of hydrogen-bond donors (Lipinski definition) is 1. The van der Waals surface area contributed by atoms with Crippen LogP contribution in [0.4, 0.5) is 11.5 Å². The topological polar surface area (TPSA) is 72.3 Å². The molecule has 0 aliphatic carbocycles. The number of aromatic nitrogens is 3. The molecule has 164 valence electrons. The molecule has 1 aliphatic heterocycles. The number of carbonyl (C=O) groups excluding carboxylic acids is 1. The van der Waals surface area contributed by atoms with Crippen molar-refractivity contribution >= 4 is 50.6 Å². The molecule has 1 saturated heterocycles. The van der Waals surface area contributed by atoms with Gasteiger partial charge in [0.15, 0.2) is 0 Å². The molecule has 5 rings (SSSR count). The summed E-state index contributed by atoms with van der Waals surface area (Å²) in [5.74, 6) is 0.348. The highest BCUT2D eigenvalue weighted by Gasteiger charge is 2.18. The van der Waals surface area contributed by atoms with Crippen LogP contribution in [0, 0.1) is 6.92 Å². The van der Waals surface area contributed by atoms with Gasteiger partial charge in [0, 0.05) is 23.5 Å². The number of halogens is 1. The zero-order valence-electron chi connectivity index (χ0n) is 17.5. The molecule has 0 saturated carbocycles. The third-order valence-electron chi connectivity index (χ3n) is 5.47. The minimum Gasteiger partial charge on any atom is -0.378 e. The fourth-order valence-electron chi connectivity index (χ4n) is 3.77. The molecular formula is C23H22ClN5O2S. The van der Waals surface area contributed by atoms with E-state index >= 15 is 0 Å². The first-order chi connectivity index (χ1) is 15.6. The second-order valence-corrected chi connectivity index (χ2v) is 9.06. The summed E-state index contributed by atoms with van der Waals surface area (Å²) < 4.78 is 7.30. The van der Waals surface area contributed by atoms with E-state index in [1.807, 2.05) is 54.1 Å². The van der Waals surface area contributed by atoms with E-state index in [4.69, 9.17) is 16.3 Å². The van der Waals surface area contributed by atoms with Gasteiger partial charge in [0.25, 0.3) is 5.91 Å². The van der Waals surface area contributed by atoms with Gasteiger partial charge in [-0.3, -0.25) is 9.48 Å². The fraction of sp³-hybridized carbons (Fsp3) is 0.261. The zero-order valence-corrected chi connectivity index (χ0v) is 19.1. The molecule has 1 aliphatic rings.